The zero-order valence-corrected chi connectivity index (χ0v) is 11.0. The zero-order chi connectivity index (χ0) is 12.0. The van der Waals surface area contributed by atoms with E-state index in [0.29, 0.717) is 12.4 Å². The minimum atomic E-state index is -0.890. The first-order valence-corrected chi connectivity index (χ1v) is 6.98. The molecule has 1 aromatic rings. The van der Waals surface area contributed by atoms with Crippen molar-refractivity contribution in [3.05, 3.63) is 29.8 Å². The molecule has 0 aliphatic rings. The Labute approximate surface area is 100 Å². The molecule has 0 aliphatic heterocycles. The Balaban J connectivity index is 2.39. The van der Waals surface area contributed by atoms with Crippen LogP contribution in [0.25, 0.3) is 0 Å². The molecule has 0 bridgehead atoms. The average Bonchev–Trinajstić information content (AvgIpc) is 2.24. The Hall–Kier alpha value is -0.670. The fraction of sp³-hybridized carbons (Fsp3) is 0.538. The molecule has 0 saturated carbocycles. The Morgan fingerprint density at radius 1 is 1.31 bits per heavy atom. The molecule has 90 valence electrons. The van der Waals surface area contributed by atoms with Crippen molar-refractivity contribution in [2.45, 2.75) is 38.2 Å². The SMILES string of the molecule is Cc1ccccc1S(=O)CCCOC(C)C. The van der Waals surface area contributed by atoms with E-state index in [-0.39, 0.29) is 6.10 Å². The monoisotopic (exact) mass is 240 g/mol. The molecule has 2 nitrogen and oxygen atoms in total. The third-order valence-corrected chi connectivity index (χ3v) is 3.87. The molecule has 0 N–H and O–H groups in total. The Bertz CT molecular complexity index is 348. The van der Waals surface area contributed by atoms with Gasteiger partial charge in [0.05, 0.1) is 16.9 Å². The summed E-state index contributed by atoms with van der Waals surface area (Å²) in [6, 6.07) is 7.84. The van der Waals surface area contributed by atoms with Crippen LogP contribution in [0.1, 0.15) is 25.8 Å². The fourth-order valence-corrected chi connectivity index (χ4v) is 2.69. The summed E-state index contributed by atoms with van der Waals surface area (Å²) in [5.41, 5.74) is 1.10. The second-order valence-electron chi connectivity index (χ2n) is 4.09. The van der Waals surface area contributed by atoms with Gasteiger partial charge in [0.1, 0.15) is 0 Å². The zero-order valence-electron chi connectivity index (χ0n) is 10.2. The molecule has 0 radical (unpaired) electrons. The van der Waals surface area contributed by atoms with E-state index in [4.69, 9.17) is 4.74 Å². The van der Waals surface area contributed by atoms with Crippen molar-refractivity contribution in [3.63, 3.8) is 0 Å². The van der Waals surface area contributed by atoms with Crippen molar-refractivity contribution in [1.29, 1.82) is 0 Å². The van der Waals surface area contributed by atoms with E-state index >= 15 is 0 Å². The van der Waals surface area contributed by atoms with Crippen LogP contribution in [-0.4, -0.2) is 22.7 Å². The van der Waals surface area contributed by atoms with E-state index in [1.165, 1.54) is 0 Å². The highest BCUT2D eigenvalue weighted by Gasteiger charge is 2.06. The lowest BCUT2D eigenvalue weighted by Crippen LogP contribution is -2.08. The third kappa shape index (κ3) is 4.45. The largest absolute Gasteiger partial charge is 0.379 e. The first kappa shape index (κ1) is 13.4. The molecule has 1 rings (SSSR count). The highest BCUT2D eigenvalue weighted by Crippen LogP contribution is 2.12. The van der Waals surface area contributed by atoms with Crippen LogP contribution >= 0.6 is 0 Å². The lowest BCUT2D eigenvalue weighted by molar-refractivity contribution is 0.0798. The number of aryl methyl sites for hydroxylation is 1. The Morgan fingerprint density at radius 3 is 2.62 bits per heavy atom. The standard InChI is InChI=1S/C13H20O2S/c1-11(2)15-9-6-10-16(14)13-8-5-4-7-12(13)3/h4-5,7-8,11H,6,9-10H2,1-3H3. The number of rotatable bonds is 6. The van der Waals surface area contributed by atoms with Gasteiger partial charge in [-0.05, 0) is 38.8 Å². The summed E-state index contributed by atoms with van der Waals surface area (Å²) in [5, 5.41) is 0. The van der Waals surface area contributed by atoms with Gasteiger partial charge < -0.3 is 4.74 Å². The minimum absolute atomic E-state index is 0.256. The molecule has 0 spiro atoms. The van der Waals surface area contributed by atoms with Gasteiger partial charge in [0.2, 0.25) is 0 Å². The van der Waals surface area contributed by atoms with Crippen molar-refractivity contribution >= 4 is 10.8 Å². The van der Waals surface area contributed by atoms with Crippen molar-refractivity contribution in [1.82, 2.24) is 0 Å². The summed E-state index contributed by atoms with van der Waals surface area (Å²) in [5.74, 6) is 0.678. The molecular weight excluding hydrogens is 220 g/mol. The van der Waals surface area contributed by atoms with Crippen molar-refractivity contribution < 1.29 is 8.95 Å². The molecule has 3 heteroatoms. The van der Waals surface area contributed by atoms with E-state index in [0.717, 1.165) is 16.9 Å². The van der Waals surface area contributed by atoms with Crippen molar-refractivity contribution in [2.24, 2.45) is 0 Å². The normalized spacial score (nSPS) is 13.0. The number of hydrogen-bond acceptors (Lipinski definition) is 2. The van der Waals surface area contributed by atoms with Crippen LogP contribution in [0, 0.1) is 6.92 Å². The van der Waals surface area contributed by atoms with Crippen LogP contribution in [0.2, 0.25) is 0 Å². The summed E-state index contributed by atoms with van der Waals surface area (Å²) >= 11 is 0. The fourth-order valence-electron chi connectivity index (χ4n) is 1.43. The summed E-state index contributed by atoms with van der Waals surface area (Å²) in [6.07, 6.45) is 1.10. The highest BCUT2D eigenvalue weighted by molar-refractivity contribution is 7.85. The Kier molecular flexibility index (Phi) is 5.71. The summed E-state index contributed by atoms with van der Waals surface area (Å²) in [7, 11) is -0.890. The molecule has 0 aliphatic carbocycles. The topological polar surface area (TPSA) is 26.3 Å². The number of hydrogen-bond donors (Lipinski definition) is 0. The maximum Gasteiger partial charge on any atom is 0.0533 e. The van der Waals surface area contributed by atoms with Gasteiger partial charge in [0.15, 0.2) is 0 Å². The summed E-state index contributed by atoms with van der Waals surface area (Å²) in [4.78, 5) is 0.951. The van der Waals surface area contributed by atoms with Gasteiger partial charge in [-0.1, -0.05) is 18.2 Å². The molecule has 1 unspecified atom stereocenters. The molecule has 0 heterocycles. The summed E-state index contributed by atoms with van der Waals surface area (Å²) in [6.45, 7) is 6.71. The van der Waals surface area contributed by atoms with E-state index in [1.54, 1.807) is 0 Å². The molecule has 16 heavy (non-hydrogen) atoms. The van der Waals surface area contributed by atoms with Gasteiger partial charge in [-0.25, -0.2) is 0 Å². The van der Waals surface area contributed by atoms with Gasteiger partial charge in [-0.15, -0.1) is 0 Å². The van der Waals surface area contributed by atoms with Crippen LogP contribution in [0.15, 0.2) is 29.2 Å². The second kappa shape index (κ2) is 6.81. The first-order valence-electron chi connectivity index (χ1n) is 5.67. The molecule has 0 aromatic heterocycles. The predicted molar refractivity (Wildman–Crippen MR) is 68.2 cm³/mol. The van der Waals surface area contributed by atoms with Crippen molar-refractivity contribution in [2.75, 3.05) is 12.4 Å². The quantitative estimate of drug-likeness (QED) is 0.715. The molecule has 0 saturated heterocycles. The van der Waals surface area contributed by atoms with Crippen LogP contribution in [0.3, 0.4) is 0 Å². The molecule has 0 amide bonds. The number of benzene rings is 1. The smallest absolute Gasteiger partial charge is 0.0533 e. The van der Waals surface area contributed by atoms with Gasteiger partial charge in [0, 0.05) is 17.3 Å². The van der Waals surface area contributed by atoms with Crippen LogP contribution < -0.4 is 0 Å². The van der Waals surface area contributed by atoms with Gasteiger partial charge in [-0.3, -0.25) is 4.21 Å². The maximum absolute atomic E-state index is 12.0. The lowest BCUT2D eigenvalue weighted by atomic mass is 10.2. The van der Waals surface area contributed by atoms with Crippen LogP contribution in [0.4, 0.5) is 0 Å². The van der Waals surface area contributed by atoms with E-state index in [1.807, 2.05) is 45.0 Å². The lowest BCUT2D eigenvalue weighted by Gasteiger charge is -2.08. The van der Waals surface area contributed by atoms with E-state index in [9.17, 15) is 4.21 Å². The van der Waals surface area contributed by atoms with E-state index in [2.05, 4.69) is 0 Å². The molecule has 0 fully saturated rings. The van der Waals surface area contributed by atoms with Crippen LogP contribution in [-0.2, 0) is 15.5 Å². The number of ether oxygens (including phenoxy) is 1. The molecular formula is C13H20O2S. The van der Waals surface area contributed by atoms with Gasteiger partial charge in [0.25, 0.3) is 0 Å². The molecule has 1 aromatic carbocycles. The molecule has 1 atom stereocenters. The first-order chi connectivity index (χ1) is 7.61. The minimum Gasteiger partial charge on any atom is -0.379 e. The van der Waals surface area contributed by atoms with E-state index < -0.39 is 10.8 Å². The summed E-state index contributed by atoms with van der Waals surface area (Å²) < 4.78 is 17.4. The Morgan fingerprint density at radius 2 is 2.00 bits per heavy atom. The van der Waals surface area contributed by atoms with Gasteiger partial charge >= 0.3 is 0 Å². The van der Waals surface area contributed by atoms with Gasteiger partial charge in [-0.2, -0.15) is 0 Å². The predicted octanol–water partition coefficient (Wildman–Crippen LogP) is 2.92. The maximum atomic E-state index is 12.0. The van der Waals surface area contributed by atoms with Crippen LogP contribution in [0.5, 0.6) is 0 Å². The average molecular weight is 240 g/mol. The second-order valence-corrected chi connectivity index (χ2v) is 5.63. The van der Waals surface area contributed by atoms with Crippen molar-refractivity contribution in [3.8, 4) is 0 Å². The third-order valence-electron chi connectivity index (χ3n) is 2.26. The highest BCUT2D eigenvalue weighted by atomic mass is 32.2.